The predicted octanol–water partition coefficient (Wildman–Crippen LogP) is 2.48. The zero-order valence-corrected chi connectivity index (χ0v) is 12.4. The van der Waals surface area contributed by atoms with Crippen LogP contribution in [0.3, 0.4) is 0 Å². The average molecular weight is 327 g/mol. The average Bonchev–Trinajstić information content (AvgIpc) is 3.28. The lowest BCUT2D eigenvalue weighted by atomic mass is 10.0. The predicted molar refractivity (Wildman–Crippen MR) is 76.1 cm³/mol. The van der Waals surface area contributed by atoms with E-state index in [1.165, 1.54) is 0 Å². The van der Waals surface area contributed by atoms with Gasteiger partial charge in [-0.15, -0.1) is 0 Å². The number of carbonyl (C=O) groups is 1. The summed E-state index contributed by atoms with van der Waals surface area (Å²) in [5.74, 6) is 0.00168. The molecule has 1 aromatic rings. The maximum absolute atomic E-state index is 12.3. The van der Waals surface area contributed by atoms with Gasteiger partial charge in [0.2, 0.25) is 0 Å². The van der Waals surface area contributed by atoms with Crippen LogP contribution in [0.5, 0.6) is 0 Å². The third-order valence-electron chi connectivity index (χ3n) is 4.21. The number of amides is 1. The molecule has 1 amide bonds. The molecule has 0 atom stereocenters. The molecule has 104 valence electrons. The topological polar surface area (TPSA) is 54.3 Å². The minimum atomic E-state index is 0.00168. The molecular formula is C14H19BrN2O2. The SMILES string of the molecule is O=C(NCC1(CCO)CC1)c1cc(Br)cn1C1CC1. The molecule has 5 heteroatoms. The van der Waals surface area contributed by atoms with Crippen LogP contribution in [-0.4, -0.2) is 28.7 Å². The first-order valence-corrected chi connectivity index (χ1v) is 7.69. The summed E-state index contributed by atoms with van der Waals surface area (Å²) in [7, 11) is 0. The van der Waals surface area contributed by atoms with E-state index in [-0.39, 0.29) is 17.9 Å². The third kappa shape index (κ3) is 2.87. The van der Waals surface area contributed by atoms with E-state index in [4.69, 9.17) is 5.11 Å². The van der Waals surface area contributed by atoms with Crippen LogP contribution in [0.2, 0.25) is 0 Å². The van der Waals surface area contributed by atoms with Crippen LogP contribution in [-0.2, 0) is 0 Å². The number of halogens is 1. The first-order valence-electron chi connectivity index (χ1n) is 6.90. The van der Waals surface area contributed by atoms with Crippen LogP contribution in [0, 0.1) is 5.41 Å². The molecular weight excluding hydrogens is 308 g/mol. The smallest absolute Gasteiger partial charge is 0.267 e. The Kier molecular flexibility index (Phi) is 3.43. The number of nitrogens with zero attached hydrogens (tertiary/aromatic N) is 1. The molecule has 0 unspecified atom stereocenters. The van der Waals surface area contributed by atoms with Crippen molar-refractivity contribution in [2.45, 2.75) is 38.1 Å². The van der Waals surface area contributed by atoms with Crippen molar-refractivity contribution >= 4 is 21.8 Å². The fraction of sp³-hybridized carbons (Fsp3) is 0.643. The maximum atomic E-state index is 12.3. The Morgan fingerprint density at radius 2 is 2.26 bits per heavy atom. The van der Waals surface area contributed by atoms with Gasteiger partial charge in [0, 0.05) is 29.9 Å². The molecule has 2 N–H and O–H groups in total. The van der Waals surface area contributed by atoms with E-state index in [9.17, 15) is 4.79 Å². The molecule has 2 aliphatic rings. The molecule has 0 bridgehead atoms. The molecule has 3 rings (SSSR count). The van der Waals surface area contributed by atoms with E-state index < -0.39 is 0 Å². The van der Waals surface area contributed by atoms with Crippen molar-refractivity contribution < 1.29 is 9.90 Å². The lowest BCUT2D eigenvalue weighted by Gasteiger charge is -2.15. The molecule has 0 aromatic carbocycles. The molecule has 0 saturated heterocycles. The van der Waals surface area contributed by atoms with Gasteiger partial charge in [0.05, 0.1) is 0 Å². The van der Waals surface area contributed by atoms with E-state index in [0.29, 0.717) is 12.6 Å². The first kappa shape index (κ1) is 13.2. The van der Waals surface area contributed by atoms with Crippen molar-refractivity contribution in [3.05, 3.63) is 22.4 Å². The molecule has 2 aliphatic carbocycles. The van der Waals surface area contributed by atoms with Gasteiger partial charge in [0.1, 0.15) is 5.69 Å². The Morgan fingerprint density at radius 3 is 2.84 bits per heavy atom. The number of aliphatic hydroxyl groups excluding tert-OH is 1. The summed E-state index contributed by atoms with van der Waals surface area (Å²) in [5.41, 5.74) is 0.910. The molecule has 4 nitrogen and oxygen atoms in total. The second kappa shape index (κ2) is 4.94. The van der Waals surface area contributed by atoms with Crippen LogP contribution in [0.1, 0.15) is 48.6 Å². The Balaban J connectivity index is 1.64. The van der Waals surface area contributed by atoms with Crippen LogP contribution in [0.25, 0.3) is 0 Å². The second-order valence-electron chi connectivity index (χ2n) is 5.84. The highest BCUT2D eigenvalue weighted by molar-refractivity contribution is 9.10. The van der Waals surface area contributed by atoms with Gasteiger partial charge in [-0.2, -0.15) is 0 Å². The van der Waals surface area contributed by atoms with Crippen molar-refractivity contribution in [1.82, 2.24) is 9.88 Å². The Hall–Kier alpha value is -0.810. The Bertz CT molecular complexity index is 490. The van der Waals surface area contributed by atoms with Crippen molar-refractivity contribution in [3.63, 3.8) is 0 Å². The minimum absolute atomic E-state index is 0.00168. The van der Waals surface area contributed by atoms with Gasteiger partial charge >= 0.3 is 0 Å². The zero-order chi connectivity index (χ0) is 13.5. The number of hydrogen-bond donors (Lipinski definition) is 2. The number of aliphatic hydroxyl groups is 1. The highest BCUT2D eigenvalue weighted by Crippen LogP contribution is 2.48. The summed E-state index contributed by atoms with van der Waals surface area (Å²) in [4.78, 5) is 12.3. The second-order valence-corrected chi connectivity index (χ2v) is 6.75. The molecule has 0 aliphatic heterocycles. The minimum Gasteiger partial charge on any atom is -0.396 e. The lowest BCUT2D eigenvalue weighted by Crippen LogP contribution is -2.32. The van der Waals surface area contributed by atoms with Gasteiger partial charge in [-0.3, -0.25) is 4.79 Å². The summed E-state index contributed by atoms with van der Waals surface area (Å²) in [6.07, 6.45) is 7.34. The fourth-order valence-corrected chi connectivity index (χ4v) is 3.01. The molecule has 2 saturated carbocycles. The van der Waals surface area contributed by atoms with Crippen LogP contribution in [0.4, 0.5) is 0 Å². The van der Waals surface area contributed by atoms with Gasteiger partial charge in [-0.05, 0) is 59.5 Å². The van der Waals surface area contributed by atoms with Crippen LogP contribution >= 0.6 is 15.9 Å². The summed E-state index contributed by atoms with van der Waals surface area (Å²) < 4.78 is 3.03. The monoisotopic (exact) mass is 326 g/mol. The number of nitrogens with one attached hydrogen (secondary N) is 1. The third-order valence-corrected chi connectivity index (χ3v) is 4.64. The number of hydrogen-bond acceptors (Lipinski definition) is 2. The van der Waals surface area contributed by atoms with Crippen LogP contribution < -0.4 is 5.32 Å². The highest BCUT2D eigenvalue weighted by atomic mass is 79.9. The van der Waals surface area contributed by atoms with Gasteiger partial charge in [0.25, 0.3) is 5.91 Å². The zero-order valence-electron chi connectivity index (χ0n) is 10.9. The molecule has 0 spiro atoms. The maximum Gasteiger partial charge on any atom is 0.267 e. The highest BCUT2D eigenvalue weighted by Gasteiger charge is 2.42. The normalized spacial score (nSPS) is 20.3. The van der Waals surface area contributed by atoms with E-state index in [1.807, 2.05) is 12.3 Å². The Morgan fingerprint density at radius 1 is 1.53 bits per heavy atom. The standard InChI is InChI=1S/C14H19BrN2O2/c15-10-7-12(17(8-10)11-1-2-11)13(19)16-9-14(3-4-14)5-6-18/h7-8,11,18H,1-6,9H2,(H,16,19). The van der Waals surface area contributed by atoms with E-state index >= 15 is 0 Å². The largest absolute Gasteiger partial charge is 0.396 e. The number of rotatable bonds is 6. The summed E-state index contributed by atoms with van der Waals surface area (Å²) in [6.45, 7) is 0.889. The molecule has 0 radical (unpaired) electrons. The summed E-state index contributed by atoms with van der Waals surface area (Å²) in [5, 5.41) is 12.1. The number of aromatic nitrogens is 1. The van der Waals surface area contributed by atoms with Gasteiger partial charge in [0.15, 0.2) is 0 Å². The van der Waals surface area contributed by atoms with E-state index in [0.717, 1.165) is 42.3 Å². The van der Waals surface area contributed by atoms with Crippen molar-refractivity contribution in [2.24, 2.45) is 5.41 Å². The van der Waals surface area contributed by atoms with Crippen molar-refractivity contribution in [1.29, 1.82) is 0 Å². The lowest BCUT2D eigenvalue weighted by molar-refractivity contribution is 0.0931. The first-order chi connectivity index (χ1) is 9.13. The van der Waals surface area contributed by atoms with Crippen LogP contribution in [0.15, 0.2) is 16.7 Å². The summed E-state index contributed by atoms with van der Waals surface area (Å²) >= 11 is 3.44. The Labute approximate surface area is 121 Å². The summed E-state index contributed by atoms with van der Waals surface area (Å²) in [6, 6.07) is 2.39. The van der Waals surface area contributed by atoms with Gasteiger partial charge < -0.3 is 15.0 Å². The van der Waals surface area contributed by atoms with Crippen molar-refractivity contribution in [2.75, 3.05) is 13.2 Å². The van der Waals surface area contributed by atoms with E-state index in [1.54, 1.807) is 0 Å². The quantitative estimate of drug-likeness (QED) is 0.843. The molecule has 1 heterocycles. The molecule has 19 heavy (non-hydrogen) atoms. The van der Waals surface area contributed by atoms with Gasteiger partial charge in [-0.1, -0.05) is 0 Å². The van der Waals surface area contributed by atoms with Crippen molar-refractivity contribution in [3.8, 4) is 0 Å². The number of carbonyl (C=O) groups excluding carboxylic acids is 1. The van der Waals surface area contributed by atoms with E-state index in [2.05, 4.69) is 25.8 Å². The molecule has 2 fully saturated rings. The fourth-order valence-electron chi connectivity index (χ4n) is 2.57. The van der Waals surface area contributed by atoms with Gasteiger partial charge in [-0.25, -0.2) is 0 Å². The molecule has 1 aromatic heterocycles.